The van der Waals surface area contributed by atoms with E-state index in [0.29, 0.717) is 4.47 Å². The third-order valence-electron chi connectivity index (χ3n) is 3.52. The first-order valence-corrected chi connectivity index (χ1v) is 6.80. The molecule has 0 spiro atoms. The number of carbonyl (C=O) groups excluding carboxylic acids is 1. The van der Waals surface area contributed by atoms with Crippen molar-refractivity contribution in [1.29, 1.82) is 0 Å². The molecule has 0 saturated carbocycles. The highest BCUT2D eigenvalue weighted by Crippen LogP contribution is 2.35. The topological polar surface area (TPSA) is 53.4 Å². The fourth-order valence-electron chi connectivity index (χ4n) is 2.59. The smallest absolute Gasteiger partial charge is 0.276 e. The second-order valence-corrected chi connectivity index (χ2v) is 6.31. The Kier molecular flexibility index (Phi) is 3.36. The first-order valence-electron chi connectivity index (χ1n) is 6.01. The first-order chi connectivity index (χ1) is 8.33. The van der Waals surface area contributed by atoms with Gasteiger partial charge in [-0.3, -0.25) is 4.79 Å². The third kappa shape index (κ3) is 2.23. The number of hydrogen-bond acceptors (Lipinski definition) is 3. The summed E-state index contributed by atoms with van der Waals surface area (Å²) in [5.41, 5.74) is -0.0578. The maximum absolute atomic E-state index is 12.5. The highest BCUT2D eigenvalue weighted by molar-refractivity contribution is 9.10. The Morgan fingerprint density at radius 1 is 1.61 bits per heavy atom. The summed E-state index contributed by atoms with van der Waals surface area (Å²) in [6.07, 6.45) is 3.48. The number of aromatic nitrogens is 1. The van der Waals surface area contributed by atoms with Crippen LogP contribution in [-0.2, 0) is 0 Å². The molecule has 0 bridgehead atoms. The summed E-state index contributed by atoms with van der Waals surface area (Å²) in [6.45, 7) is 6.12. The fourth-order valence-corrected chi connectivity index (χ4v) is 2.91. The minimum Gasteiger partial charge on any atom is -0.505 e. The van der Waals surface area contributed by atoms with Crippen LogP contribution in [0.4, 0.5) is 0 Å². The fraction of sp³-hybridized carbons (Fsp3) is 0.538. The summed E-state index contributed by atoms with van der Waals surface area (Å²) in [5.74, 6) is -0.278. The monoisotopic (exact) mass is 312 g/mol. The van der Waals surface area contributed by atoms with Gasteiger partial charge in [-0.2, -0.15) is 0 Å². The second kappa shape index (κ2) is 4.53. The molecule has 1 fully saturated rings. The number of nitrogens with zero attached hydrogens (tertiary/aromatic N) is 2. The van der Waals surface area contributed by atoms with Crippen LogP contribution in [0.15, 0.2) is 16.7 Å². The normalized spacial score (nSPS) is 22.2. The molecule has 1 amide bonds. The van der Waals surface area contributed by atoms with E-state index >= 15 is 0 Å². The van der Waals surface area contributed by atoms with E-state index in [9.17, 15) is 9.90 Å². The lowest BCUT2D eigenvalue weighted by molar-refractivity contribution is 0.0568. The SMILES string of the molecule is CC1CCC(C)(C)N1C(=O)c1ncc(Br)cc1O. The highest BCUT2D eigenvalue weighted by atomic mass is 79.9. The van der Waals surface area contributed by atoms with Gasteiger partial charge < -0.3 is 10.0 Å². The van der Waals surface area contributed by atoms with Gasteiger partial charge in [0.15, 0.2) is 5.69 Å². The van der Waals surface area contributed by atoms with Crippen molar-refractivity contribution >= 4 is 21.8 Å². The van der Waals surface area contributed by atoms with Gasteiger partial charge in [-0.25, -0.2) is 4.98 Å². The number of pyridine rings is 1. The van der Waals surface area contributed by atoms with Crippen LogP contribution in [-0.4, -0.2) is 32.5 Å². The number of amides is 1. The van der Waals surface area contributed by atoms with Crippen molar-refractivity contribution in [3.05, 3.63) is 22.4 Å². The highest BCUT2D eigenvalue weighted by Gasteiger charge is 2.41. The van der Waals surface area contributed by atoms with Gasteiger partial charge in [0.2, 0.25) is 0 Å². The van der Waals surface area contributed by atoms with Crippen LogP contribution in [0.25, 0.3) is 0 Å². The molecule has 1 aromatic heterocycles. The molecular weight excluding hydrogens is 296 g/mol. The van der Waals surface area contributed by atoms with Crippen molar-refractivity contribution in [3.63, 3.8) is 0 Å². The summed E-state index contributed by atoms with van der Waals surface area (Å²) >= 11 is 3.22. The molecule has 98 valence electrons. The number of hydrogen-bond donors (Lipinski definition) is 1. The van der Waals surface area contributed by atoms with Crippen molar-refractivity contribution in [2.24, 2.45) is 0 Å². The maximum Gasteiger partial charge on any atom is 0.276 e. The Labute approximate surface area is 115 Å². The first kappa shape index (κ1) is 13.3. The van der Waals surface area contributed by atoms with Crippen LogP contribution in [0.3, 0.4) is 0 Å². The molecule has 1 unspecified atom stereocenters. The van der Waals surface area contributed by atoms with Crippen LogP contribution in [0.1, 0.15) is 44.1 Å². The van der Waals surface area contributed by atoms with Gasteiger partial charge in [0, 0.05) is 22.3 Å². The molecule has 1 aliphatic heterocycles. The Hall–Kier alpha value is -1.10. The van der Waals surface area contributed by atoms with Crippen molar-refractivity contribution in [2.45, 2.75) is 45.2 Å². The van der Waals surface area contributed by atoms with E-state index in [4.69, 9.17) is 0 Å². The van der Waals surface area contributed by atoms with Gasteiger partial charge in [0.05, 0.1) is 0 Å². The maximum atomic E-state index is 12.5. The zero-order valence-corrected chi connectivity index (χ0v) is 12.4. The number of likely N-dealkylation sites (tertiary alicyclic amines) is 1. The molecule has 0 aromatic carbocycles. The van der Waals surface area contributed by atoms with Gasteiger partial charge >= 0.3 is 0 Å². The predicted molar refractivity (Wildman–Crippen MR) is 72.5 cm³/mol. The summed E-state index contributed by atoms with van der Waals surface area (Å²) in [7, 11) is 0. The van der Waals surface area contributed by atoms with Gasteiger partial charge in [-0.15, -0.1) is 0 Å². The van der Waals surface area contributed by atoms with Crippen molar-refractivity contribution in [3.8, 4) is 5.75 Å². The van der Waals surface area contributed by atoms with E-state index in [1.165, 1.54) is 12.3 Å². The molecule has 4 nitrogen and oxygen atoms in total. The Balaban J connectivity index is 2.36. The van der Waals surface area contributed by atoms with Crippen LogP contribution in [0, 0.1) is 0 Å². The molecule has 1 aromatic rings. The average molecular weight is 313 g/mol. The van der Waals surface area contributed by atoms with Crippen LogP contribution in [0.2, 0.25) is 0 Å². The van der Waals surface area contributed by atoms with Crippen molar-refractivity contribution in [1.82, 2.24) is 9.88 Å². The molecule has 5 heteroatoms. The van der Waals surface area contributed by atoms with Gasteiger partial charge in [0.25, 0.3) is 5.91 Å². The molecule has 1 N–H and O–H groups in total. The van der Waals surface area contributed by atoms with E-state index < -0.39 is 0 Å². The summed E-state index contributed by atoms with van der Waals surface area (Å²) in [6, 6.07) is 1.67. The number of halogens is 1. The molecule has 1 atom stereocenters. The quantitative estimate of drug-likeness (QED) is 0.867. The standard InChI is InChI=1S/C13H17BrN2O2/c1-8-4-5-13(2,3)16(8)12(18)11-10(17)6-9(14)7-15-11/h6-8,17H,4-5H2,1-3H3. The zero-order chi connectivity index (χ0) is 13.5. The largest absolute Gasteiger partial charge is 0.505 e. The lowest BCUT2D eigenvalue weighted by Crippen LogP contribution is -2.46. The zero-order valence-electron chi connectivity index (χ0n) is 10.8. The number of aromatic hydroxyl groups is 1. The summed E-state index contributed by atoms with van der Waals surface area (Å²) in [5, 5.41) is 9.84. The van der Waals surface area contributed by atoms with E-state index in [2.05, 4.69) is 20.9 Å². The third-order valence-corrected chi connectivity index (χ3v) is 3.96. The Morgan fingerprint density at radius 2 is 2.28 bits per heavy atom. The average Bonchev–Trinajstić information content (AvgIpc) is 2.52. The predicted octanol–water partition coefficient (Wildman–Crippen LogP) is 2.95. The van der Waals surface area contributed by atoms with Gasteiger partial charge in [-0.1, -0.05) is 0 Å². The molecule has 18 heavy (non-hydrogen) atoms. The lowest BCUT2D eigenvalue weighted by atomic mass is 10.0. The van der Waals surface area contributed by atoms with E-state index in [1.54, 1.807) is 0 Å². The molecule has 0 aliphatic carbocycles. The Bertz CT molecular complexity index is 488. The lowest BCUT2D eigenvalue weighted by Gasteiger charge is -2.34. The van der Waals surface area contributed by atoms with E-state index in [0.717, 1.165) is 12.8 Å². The molecule has 1 aliphatic rings. The van der Waals surface area contributed by atoms with Gasteiger partial charge in [0.1, 0.15) is 5.75 Å². The van der Waals surface area contributed by atoms with Crippen LogP contribution < -0.4 is 0 Å². The van der Waals surface area contributed by atoms with Gasteiger partial charge in [-0.05, 0) is 55.6 Å². The molecule has 1 saturated heterocycles. The van der Waals surface area contributed by atoms with Crippen LogP contribution >= 0.6 is 15.9 Å². The molecule has 2 rings (SSSR count). The van der Waals surface area contributed by atoms with E-state index in [-0.39, 0.29) is 28.9 Å². The molecule has 2 heterocycles. The summed E-state index contributed by atoms with van der Waals surface area (Å²) < 4.78 is 0.658. The number of rotatable bonds is 1. The minimum absolute atomic E-state index is 0.0794. The van der Waals surface area contributed by atoms with Crippen LogP contribution in [0.5, 0.6) is 5.75 Å². The van der Waals surface area contributed by atoms with Crippen molar-refractivity contribution in [2.75, 3.05) is 0 Å². The Morgan fingerprint density at radius 3 is 2.78 bits per heavy atom. The molecular formula is C13H17BrN2O2. The molecule has 0 radical (unpaired) electrons. The summed E-state index contributed by atoms with van der Waals surface area (Å²) in [4.78, 5) is 18.3. The minimum atomic E-state index is -0.199. The van der Waals surface area contributed by atoms with E-state index in [1.807, 2.05) is 25.7 Å². The number of carbonyl (C=O) groups is 1. The second-order valence-electron chi connectivity index (χ2n) is 5.40. The van der Waals surface area contributed by atoms with Crippen molar-refractivity contribution < 1.29 is 9.90 Å².